The first kappa shape index (κ1) is 16.6. The zero-order valence-electron chi connectivity index (χ0n) is 8.43. The van der Waals surface area contributed by atoms with Crippen LogP contribution in [0, 0.1) is 30.3 Å². The van der Waals surface area contributed by atoms with Gasteiger partial charge in [0, 0.05) is 4.98 Å². The molecule has 0 aliphatic carbocycles. The number of nitrogens with zero attached hydrogens (tertiary/aromatic N) is 4. The fourth-order valence-corrected chi connectivity index (χ4v) is 1.07. The van der Waals surface area contributed by atoms with Crippen molar-refractivity contribution < 1.29 is 47.1 Å². The number of hydrogen-bond acceptors (Lipinski definition) is 9. The maximum absolute atomic E-state index is 10.6. The van der Waals surface area contributed by atoms with Crippen LogP contribution in [0.4, 0.5) is 17.3 Å². The maximum atomic E-state index is 10.6. The van der Waals surface area contributed by atoms with Crippen molar-refractivity contribution in [3.63, 3.8) is 0 Å². The van der Waals surface area contributed by atoms with Gasteiger partial charge in [-0.05, 0) is 9.85 Å². The number of rotatable bonds is 4. The molecule has 0 aromatic carbocycles. The Hall–Kier alpha value is -2.44. The number of hydrogen-bond donors (Lipinski definition) is 0. The van der Waals surface area contributed by atoms with Crippen LogP contribution in [-0.4, -0.2) is 25.7 Å². The van der Waals surface area contributed by atoms with E-state index in [2.05, 4.69) is 4.98 Å². The van der Waals surface area contributed by atoms with Crippen LogP contribution in [-0.2, 0) is 22.4 Å². The molecule has 0 spiro atoms. The number of carbonyl (C=O) groups is 1. The summed E-state index contributed by atoms with van der Waals surface area (Å²) in [5, 5.41) is 42.0. The molecule has 0 bridgehead atoms. The van der Waals surface area contributed by atoms with Crippen LogP contribution >= 0.6 is 0 Å². The van der Waals surface area contributed by atoms with Gasteiger partial charge in [-0.1, -0.05) is 0 Å². The topological polar surface area (TPSA) is 182 Å². The van der Waals surface area contributed by atoms with Gasteiger partial charge >= 0.3 is 34.0 Å². The second-order valence-electron chi connectivity index (χ2n) is 2.76. The zero-order chi connectivity index (χ0) is 14.0. The van der Waals surface area contributed by atoms with Gasteiger partial charge in [-0.2, -0.15) is 0 Å². The summed E-state index contributed by atoms with van der Waals surface area (Å²) in [6.45, 7) is 0. The van der Waals surface area contributed by atoms with Crippen molar-refractivity contribution in [2.75, 3.05) is 0 Å². The van der Waals surface area contributed by atoms with Crippen molar-refractivity contribution in [2.45, 2.75) is 0 Å². The van der Waals surface area contributed by atoms with Gasteiger partial charge in [0.15, 0.2) is 5.56 Å². The van der Waals surface area contributed by atoms with Gasteiger partial charge in [0.25, 0.3) is 5.69 Å². The second-order valence-corrected chi connectivity index (χ2v) is 2.76. The molecule has 0 saturated heterocycles. The molecule has 0 N–H and O–H groups in total. The van der Waals surface area contributed by atoms with E-state index in [1.54, 1.807) is 0 Å². The second kappa shape index (κ2) is 5.94. The van der Waals surface area contributed by atoms with Crippen LogP contribution in [0.3, 0.4) is 0 Å². The summed E-state index contributed by atoms with van der Waals surface area (Å²) < 4.78 is 0. The van der Waals surface area contributed by atoms with Gasteiger partial charge in [0.2, 0.25) is 0 Å². The first-order valence-corrected chi connectivity index (χ1v) is 3.95. The van der Waals surface area contributed by atoms with Crippen LogP contribution in [0.25, 0.3) is 0 Å². The van der Waals surface area contributed by atoms with Crippen LogP contribution in [0.15, 0.2) is 6.07 Å². The van der Waals surface area contributed by atoms with E-state index in [9.17, 15) is 40.2 Å². The minimum atomic E-state index is -2.23. The fraction of sp³-hybridized carbons (Fsp3) is 0. The number of carboxylic acid groups (broad SMARTS) is 1. The third kappa shape index (κ3) is 3.27. The molecule has 1 rings (SSSR count). The van der Waals surface area contributed by atoms with Gasteiger partial charge in [-0.25, -0.2) is 0 Å². The summed E-state index contributed by atoms with van der Waals surface area (Å²) >= 11 is 0. The summed E-state index contributed by atoms with van der Waals surface area (Å²) in [7, 11) is 0. The predicted octanol–water partition coefficient (Wildman–Crippen LogP) is -0.833. The third-order valence-electron chi connectivity index (χ3n) is 1.73. The Kier molecular flexibility index (Phi) is 5.18. The average Bonchev–Trinajstić information content (AvgIpc) is 2.26. The van der Waals surface area contributed by atoms with Crippen LogP contribution in [0.2, 0.25) is 0 Å². The van der Waals surface area contributed by atoms with E-state index >= 15 is 0 Å². The van der Waals surface area contributed by atoms with E-state index in [-0.39, 0.29) is 28.4 Å². The summed E-state index contributed by atoms with van der Waals surface area (Å²) in [5.74, 6) is -4.95. The molecule has 0 aliphatic rings. The zero-order valence-corrected chi connectivity index (χ0v) is 9.92. The first-order chi connectivity index (χ1) is 8.25. The Balaban J connectivity index is 0.00000324. The van der Waals surface area contributed by atoms with E-state index in [4.69, 9.17) is 0 Å². The molecular formula is C6HAgN4O8. The summed E-state index contributed by atoms with van der Waals surface area (Å²) in [4.78, 5) is 40.9. The Morgan fingerprint density at radius 2 is 1.58 bits per heavy atom. The van der Waals surface area contributed by atoms with Crippen molar-refractivity contribution in [2.24, 2.45) is 0 Å². The van der Waals surface area contributed by atoms with E-state index < -0.39 is 43.6 Å². The van der Waals surface area contributed by atoms with Gasteiger partial charge in [-0.15, -0.1) is 0 Å². The van der Waals surface area contributed by atoms with Crippen molar-refractivity contribution in [1.29, 1.82) is 0 Å². The number of aromatic nitrogens is 1. The number of aromatic carboxylic acids is 1. The standard InChI is InChI=1S/C6H2N4O8.Ag/c11-6(12)4-2(8(13)14)1-3(9(15)16)7-5(4)10(17)18;/h1H,(H,11,12);/q;+1/p-1. The first-order valence-electron chi connectivity index (χ1n) is 3.95. The molecule has 104 valence electrons. The van der Waals surface area contributed by atoms with Crippen molar-refractivity contribution >= 4 is 23.3 Å². The molecular weight excluding hydrogens is 364 g/mol. The minimum Gasteiger partial charge on any atom is -0.544 e. The number of carbonyl (C=O) groups excluding carboxylic acids is 1. The van der Waals surface area contributed by atoms with Gasteiger partial charge in [0.05, 0.1) is 10.9 Å². The van der Waals surface area contributed by atoms with E-state index in [1.807, 2.05) is 0 Å². The van der Waals surface area contributed by atoms with Crippen LogP contribution in [0.5, 0.6) is 0 Å². The van der Waals surface area contributed by atoms with Crippen molar-refractivity contribution in [1.82, 2.24) is 4.98 Å². The molecule has 0 aliphatic heterocycles. The Morgan fingerprint density at radius 1 is 1.05 bits per heavy atom. The predicted molar refractivity (Wildman–Crippen MR) is 48.5 cm³/mol. The normalized spacial score (nSPS) is 9.26. The van der Waals surface area contributed by atoms with Gasteiger partial charge < -0.3 is 30.1 Å². The van der Waals surface area contributed by atoms with E-state index in [0.717, 1.165) is 0 Å². The van der Waals surface area contributed by atoms with Crippen LogP contribution < -0.4 is 5.11 Å². The summed E-state index contributed by atoms with van der Waals surface area (Å²) in [6, 6.07) is 0.206. The Morgan fingerprint density at radius 3 is 1.89 bits per heavy atom. The molecule has 0 fully saturated rings. The fourth-order valence-electron chi connectivity index (χ4n) is 1.07. The maximum Gasteiger partial charge on any atom is 1.00 e. The third-order valence-corrected chi connectivity index (χ3v) is 1.73. The number of carboxylic acids is 1. The van der Waals surface area contributed by atoms with Crippen molar-refractivity contribution in [3.05, 3.63) is 42.0 Å². The molecule has 13 heteroatoms. The van der Waals surface area contributed by atoms with Crippen molar-refractivity contribution in [3.8, 4) is 0 Å². The monoisotopic (exact) mass is 364 g/mol. The molecule has 1 heterocycles. The molecule has 0 atom stereocenters. The smallest absolute Gasteiger partial charge is 0.544 e. The molecule has 0 radical (unpaired) electrons. The molecule has 19 heavy (non-hydrogen) atoms. The molecule has 1 aromatic rings. The van der Waals surface area contributed by atoms with E-state index in [1.165, 1.54) is 0 Å². The Bertz CT molecular complexity index is 552. The van der Waals surface area contributed by atoms with Crippen LogP contribution in [0.1, 0.15) is 10.4 Å². The number of nitro groups is 3. The van der Waals surface area contributed by atoms with Gasteiger partial charge in [0.1, 0.15) is 6.07 Å². The molecule has 1 aromatic heterocycles. The summed E-state index contributed by atoms with van der Waals surface area (Å²) in [6.07, 6.45) is 0. The molecule has 0 unspecified atom stereocenters. The number of pyridine rings is 1. The summed E-state index contributed by atoms with van der Waals surface area (Å²) in [5.41, 5.74) is -2.75. The Labute approximate surface area is 118 Å². The molecule has 12 nitrogen and oxygen atoms in total. The molecule has 0 amide bonds. The van der Waals surface area contributed by atoms with Gasteiger partial charge in [-0.3, -0.25) is 10.1 Å². The molecule has 0 saturated carbocycles. The minimum absolute atomic E-state index is 0. The van der Waals surface area contributed by atoms with E-state index in [0.29, 0.717) is 0 Å². The largest absolute Gasteiger partial charge is 1.00 e. The quantitative estimate of drug-likeness (QED) is 0.373. The average molecular weight is 365 g/mol. The SMILES string of the molecule is O=C([O-])c1c([N+](=O)[O-])cc([N+](=O)[O-])nc1[N+](=O)[O-].[Ag+].